The largest absolute Gasteiger partial charge is 0.448 e. The predicted octanol–water partition coefficient (Wildman–Crippen LogP) is 4.71. The van der Waals surface area contributed by atoms with Crippen molar-refractivity contribution < 1.29 is 9.21 Å². The van der Waals surface area contributed by atoms with Crippen molar-refractivity contribution in [1.82, 2.24) is 14.5 Å². The van der Waals surface area contributed by atoms with Gasteiger partial charge >= 0.3 is 0 Å². The Morgan fingerprint density at radius 2 is 1.93 bits per heavy atom. The molecule has 3 heterocycles. The van der Waals surface area contributed by atoms with Crippen LogP contribution in [0.4, 0.5) is 0 Å². The molecule has 4 aromatic rings. The highest BCUT2D eigenvalue weighted by atomic mass is 79.9. The number of aromatic nitrogens is 2. The van der Waals surface area contributed by atoms with Crippen molar-refractivity contribution in [3.8, 4) is 0 Å². The lowest BCUT2D eigenvalue weighted by Crippen LogP contribution is -2.28. The van der Waals surface area contributed by atoms with Crippen LogP contribution in [-0.2, 0) is 13.1 Å². The maximum absolute atomic E-state index is 13.1. The first-order valence-electron chi connectivity index (χ1n) is 8.59. The molecule has 0 N–H and O–H groups in total. The molecule has 0 aliphatic rings. The van der Waals surface area contributed by atoms with Crippen molar-refractivity contribution >= 4 is 32.9 Å². The quantitative estimate of drug-likeness (QED) is 0.466. The first kappa shape index (κ1) is 17.5. The van der Waals surface area contributed by atoms with Gasteiger partial charge in [-0.3, -0.25) is 9.78 Å². The van der Waals surface area contributed by atoms with Gasteiger partial charge in [0.15, 0.2) is 10.3 Å². The zero-order valence-corrected chi connectivity index (χ0v) is 16.4. The Hall–Kier alpha value is -2.86. The summed E-state index contributed by atoms with van der Waals surface area (Å²) in [4.78, 5) is 19.1. The van der Waals surface area contributed by atoms with Crippen molar-refractivity contribution in [1.29, 1.82) is 0 Å². The summed E-state index contributed by atoms with van der Waals surface area (Å²) < 4.78 is 8.33. The van der Waals surface area contributed by atoms with Crippen LogP contribution >= 0.6 is 15.9 Å². The third kappa shape index (κ3) is 3.66. The fraction of sp³-hybridized carbons (Fsp3) is 0.143. The molecule has 136 valence electrons. The Bertz CT molecular complexity index is 1070. The average Bonchev–Trinajstić information content (AvgIpc) is 3.20. The number of amides is 1. The van der Waals surface area contributed by atoms with E-state index in [1.54, 1.807) is 24.2 Å². The monoisotopic (exact) mass is 423 g/mol. The van der Waals surface area contributed by atoms with Crippen molar-refractivity contribution in [3.05, 3.63) is 88.5 Å². The number of benzene rings is 1. The van der Waals surface area contributed by atoms with Gasteiger partial charge in [-0.15, -0.1) is 0 Å². The van der Waals surface area contributed by atoms with Crippen molar-refractivity contribution in [3.63, 3.8) is 0 Å². The molecule has 0 aliphatic heterocycles. The van der Waals surface area contributed by atoms with Crippen molar-refractivity contribution in [2.75, 3.05) is 7.05 Å². The topological polar surface area (TPSA) is 51.3 Å². The van der Waals surface area contributed by atoms with E-state index < -0.39 is 0 Å². The number of pyridine rings is 1. The number of nitrogens with zero attached hydrogens (tertiary/aromatic N) is 3. The molecule has 0 saturated carbocycles. The third-order valence-corrected chi connectivity index (χ3v) is 4.82. The molecule has 1 amide bonds. The molecule has 0 fully saturated rings. The van der Waals surface area contributed by atoms with Crippen LogP contribution < -0.4 is 0 Å². The van der Waals surface area contributed by atoms with E-state index in [2.05, 4.69) is 20.9 Å². The van der Waals surface area contributed by atoms with Gasteiger partial charge in [-0.2, -0.15) is 0 Å². The standard InChI is InChI=1S/C21H18BrN3O2/c1-24(14-16-9-5-6-10-23-16)21(26)18-11-19-17(12-20(22)27-19)25(18)13-15-7-3-2-4-8-15/h2-12H,13-14H2,1H3. The minimum atomic E-state index is -0.0703. The van der Waals surface area contributed by atoms with Gasteiger partial charge in [-0.25, -0.2) is 0 Å². The van der Waals surface area contributed by atoms with Crippen LogP contribution in [0.2, 0.25) is 0 Å². The molecule has 0 radical (unpaired) electrons. The molecule has 0 unspecified atom stereocenters. The van der Waals surface area contributed by atoms with E-state index in [1.165, 1.54) is 0 Å². The van der Waals surface area contributed by atoms with Crippen LogP contribution in [0.1, 0.15) is 21.7 Å². The van der Waals surface area contributed by atoms with Gasteiger partial charge in [-0.05, 0) is 33.6 Å². The van der Waals surface area contributed by atoms with E-state index in [4.69, 9.17) is 4.42 Å². The number of carbonyl (C=O) groups excluding carboxylic acids is 1. The highest BCUT2D eigenvalue weighted by Crippen LogP contribution is 2.28. The number of halogens is 1. The molecule has 3 aromatic heterocycles. The molecule has 0 bridgehead atoms. The number of furan rings is 1. The summed E-state index contributed by atoms with van der Waals surface area (Å²) in [6, 6.07) is 19.5. The zero-order valence-electron chi connectivity index (χ0n) is 14.8. The summed E-state index contributed by atoms with van der Waals surface area (Å²) in [5.74, 6) is -0.0703. The SMILES string of the molecule is CN(Cc1ccccn1)C(=O)c1cc2oc(Br)cc2n1Cc1ccccc1. The molecule has 5 nitrogen and oxygen atoms in total. The number of hydrogen-bond donors (Lipinski definition) is 0. The lowest BCUT2D eigenvalue weighted by molar-refractivity contribution is 0.0773. The molecule has 0 spiro atoms. The molecule has 0 saturated heterocycles. The summed E-state index contributed by atoms with van der Waals surface area (Å²) in [5.41, 5.74) is 4.14. The van der Waals surface area contributed by atoms with Gasteiger partial charge in [0, 0.05) is 31.9 Å². The van der Waals surface area contributed by atoms with Crippen LogP contribution in [0.25, 0.3) is 11.1 Å². The summed E-state index contributed by atoms with van der Waals surface area (Å²) in [5, 5.41) is 0. The number of carbonyl (C=O) groups is 1. The molecule has 6 heteroatoms. The van der Waals surface area contributed by atoms with Crippen LogP contribution in [-0.4, -0.2) is 27.4 Å². The number of rotatable bonds is 5. The van der Waals surface area contributed by atoms with E-state index >= 15 is 0 Å². The van der Waals surface area contributed by atoms with Gasteiger partial charge in [0.25, 0.3) is 5.91 Å². The molecule has 0 aliphatic carbocycles. The fourth-order valence-corrected chi connectivity index (χ4v) is 3.52. The molecule has 4 rings (SSSR count). The maximum atomic E-state index is 13.1. The molecular formula is C21H18BrN3O2. The Labute approximate surface area is 165 Å². The van der Waals surface area contributed by atoms with Gasteiger partial charge in [0.2, 0.25) is 0 Å². The van der Waals surface area contributed by atoms with E-state index in [0.717, 1.165) is 16.8 Å². The van der Waals surface area contributed by atoms with Crippen LogP contribution in [0.15, 0.2) is 75.9 Å². The second-order valence-electron chi connectivity index (χ2n) is 6.38. The highest BCUT2D eigenvalue weighted by molar-refractivity contribution is 9.10. The summed E-state index contributed by atoms with van der Waals surface area (Å²) in [7, 11) is 1.79. The van der Waals surface area contributed by atoms with Crippen LogP contribution in [0.3, 0.4) is 0 Å². The summed E-state index contributed by atoms with van der Waals surface area (Å²) >= 11 is 3.37. The molecule has 27 heavy (non-hydrogen) atoms. The third-order valence-electron chi connectivity index (χ3n) is 4.43. The summed E-state index contributed by atoms with van der Waals surface area (Å²) in [6.07, 6.45) is 1.73. The predicted molar refractivity (Wildman–Crippen MR) is 107 cm³/mol. The second kappa shape index (κ2) is 7.40. The van der Waals surface area contributed by atoms with Crippen LogP contribution in [0, 0.1) is 0 Å². The normalized spacial score (nSPS) is 11.0. The zero-order chi connectivity index (χ0) is 18.8. The van der Waals surface area contributed by atoms with Crippen LogP contribution in [0.5, 0.6) is 0 Å². The lowest BCUT2D eigenvalue weighted by atomic mass is 10.2. The lowest BCUT2D eigenvalue weighted by Gasteiger charge is -2.18. The Morgan fingerprint density at radius 3 is 2.67 bits per heavy atom. The first-order valence-corrected chi connectivity index (χ1v) is 9.39. The van der Waals surface area contributed by atoms with Gasteiger partial charge < -0.3 is 13.9 Å². The van der Waals surface area contributed by atoms with Gasteiger partial charge in [0.05, 0.1) is 17.8 Å². The van der Waals surface area contributed by atoms with Gasteiger partial charge in [-0.1, -0.05) is 36.4 Å². The second-order valence-corrected chi connectivity index (χ2v) is 7.17. The highest BCUT2D eigenvalue weighted by Gasteiger charge is 2.22. The minimum absolute atomic E-state index is 0.0703. The Morgan fingerprint density at radius 1 is 1.15 bits per heavy atom. The first-order chi connectivity index (χ1) is 13.1. The average molecular weight is 424 g/mol. The van der Waals surface area contributed by atoms with E-state index in [-0.39, 0.29) is 5.91 Å². The maximum Gasteiger partial charge on any atom is 0.270 e. The smallest absolute Gasteiger partial charge is 0.270 e. The fourth-order valence-electron chi connectivity index (χ4n) is 3.13. The van der Waals surface area contributed by atoms with Gasteiger partial charge in [0.1, 0.15) is 5.69 Å². The number of hydrogen-bond acceptors (Lipinski definition) is 3. The summed E-state index contributed by atoms with van der Waals surface area (Å²) in [6.45, 7) is 1.04. The van der Waals surface area contributed by atoms with E-state index in [9.17, 15) is 4.79 Å². The molecule has 0 atom stereocenters. The molecular weight excluding hydrogens is 406 g/mol. The van der Waals surface area contributed by atoms with E-state index in [0.29, 0.717) is 29.0 Å². The Kier molecular flexibility index (Phi) is 4.81. The van der Waals surface area contributed by atoms with Crippen molar-refractivity contribution in [2.24, 2.45) is 0 Å². The number of fused-ring (bicyclic) bond motifs is 1. The Balaban J connectivity index is 1.68. The van der Waals surface area contributed by atoms with E-state index in [1.807, 2.05) is 59.2 Å². The molecule has 1 aromatic carbocycles. The van der Waals surface area contributed by atoms with Crippen molar-refractivity contribution in [2.45, 2.75) is 13.1 Å². The minimum Gasteiger partial charge on any atom is -0.448 e.